The van der Waals surface area contributed by atoms with E-state index in [1.807, 2.05) is 0 Å². The number of hydrogen-bond donors (Lipinski definition) is 1. The van der Waals surface area contributed by atoms with Gasteiger partial charge in [-0.1, -0.05) is 0 Å². The summed E-state index contributed by atoms with van der Waals surface area (Å²) in [6.07, 6.45) is 0. The van der Waals surface area contributed by atoms with Crippen LogP contribution in [0.25, 0.3) is 11.2 Å². The van der Waals surface area contributed by atoms with E-state index < -0.39 is 5.69 Å². The van der Waals surface area contributed by atoms with Crippen molar-refractivity contribution in [3.63, 3.8) is 0 Å². The van der Waals surface area contributed by atoms with Gasteiger partial charge in [-0.3, -0.25) is 14.3 Å². The van der Waals surface area contributed by atoms with Crippen molar-refractivity contribution in [2.24, 2.45) is 14.1 Å². The topological polar surface area (TPSA) is 72.7 Å². The lowest BCUT2D eigenvalue weighted by Gasteiger charge is -1.97. The summed E-state index contributed by atoms with van der Waals surface area (Å²) in [4.78, 5) is 29.4. The molecule has 74 valence electrons. The molecule has 0 radical (unpaired) electrons. The van der Waals surface area contributed by atoms with Gasteiger partial charge in [0.2, 0.25) is 0 Å². The Kier molecular flexibility index (Phi) is 1.84. The van der Waals surface area contributed by atoms with E-state index in [0.717, 1.165) is 4.57 Å². The summed E-state index contributed by atoms with van der Waals surface area (Å²) < 4.78 is 3.09. The third kappa shape index (κ3) is 1.05. The number of nitrogens with one attached hydrogen (secondary N) is 1. The van der Waals surface area contributed by atoms with Crippen LogP contribution in [0.3, 0.4) is 0 Å². The quantitative estimate of drug-likeness (QED) is 0.661. The number of halogens is 1. The third-order valence-corrected chi connectivity index (χ3v) is 2.79. The Bertz CT molecular complexity index is 621. The fraction of sp³-hybridized carbons (Fsp3) is 0.286. The molecule has 0 aliphatic heterocycles. The number of fused-ring (bicyclic) bond motifs is 1. The molecule has 0 atom stereocenters. The Morgan fingerprint density at radius 3 is 2.57 bits per heavy atom. The fourth-order valence-electron chi connectivity index (χ4n) is 1.24. The summed E-state index contributed by atoms with van der Waals surface area (Å²) in [5.74, 6) is 0. The molecule has 0 amide bonds. The van der Waals surface area contributed by atoms with Gasteiger partial charge in [-0.15, -0.1) is 0 Å². The van der Waals surface area contributed by atoms with Gasteiger partial charge >= 0.3 is 5.69 Å². The highest BCUT2D eigenvalue weighted by atomic mass is 79.9. The second-order valence-electron chi connectivity index (χ2n) is 2.93. The van der Waals surface area contributed by atoms with Gasteiger partial charge in [0.05, 0.1) is 0 Å². The Morgan fingerprint density at radius 2 is 1.93 bits per heavy atom. The number of nitrogens with zero attached hydrogens (tertiary/aromatic N) is 3. The van der Waals surface area contributed by atoms with Crippen LogP contribution in [0.5, 0.6) is 0 Å². The molecule has 2 aromatic heterocycles. The van der Waals surface area contributed by atoms with Crippen LogP contribution in [0.1, 0.15) is 0 Å². The van der Waals surface area contributed by atoms with Gasteiger partial charge < -0.3 is 4.57 Å². The molecule has 7 heteroatoms. The van der Waals surface area contributed by atoms with Crippen LogP contribution in [0.15, 0.2) is 14.3 Å². The van der Waals surface area contributed by atoms with Crippen molar-refractivity contribution in [3.05, 3.63) is 25.6 Å². The number of H-pyrrole nitrogens is 1. The molecule has 2 rings (SSSR count). The molecule has 0 aliphatic carbocycles. The van der Waals surface area contributed by atoms with Crippen LogP contribution >= 0.6 is 15.9 Å². The highest BCUT2D eigenvalue weighted by Crippen LogP contribution is 2.11. The van der Waals surface area contributed by atoms with E-state index in [0.29, 0.717) is 15.9 Å². The number of rotatable bonds is 0. The molecule has 2 heterocycles. The number of aromatic amines is 1. The fourth-order valence-corrected chi connectivity index (χ4v) is 1.59. The van der Waals surface area contributed by atoms with Crippen LogP contribution in [-0.2, 0) is 14.1 Å². The van der Waals surface area contributed by atoms with Gasteiger partial charge in [0, 0.05) is 14.1 Å². The minimum Gasteiger partial charge on any atom is -0.316 e. The smallest absolute Gasteiger partial charge is 0.316 e. The average molecular weight is 259 g/mol. The van der Waals surface area contributed by atoms with E-state index in [2.05, 4.69) is 25.9 Å². The molecular weight excluding hydrogens is 252 g/mol. The number of imidazole rings is 1. The molecule has 14 heavy (non-hydrogen) atoms. The zero-order valence-electron chi connectivity index (χ0n) is 7.54. The molecule has 2 aromatic rings. The Hall–Kier alpha value is -1.37. The third-order valence-electron chi connectivity index (χ3n) is 2.08. The molecule has 0 unspecified atom stereocenters. The lowest BCUT2D eigenvalue weighted by molar-refractivity contribution is 0.782. The molecule has 6 nitrogen and oxygen atoms in total. The zero-order valence-corrected chi connectivity index (χ0v) is 9.12. The van der Waals surface area contributed by atoms with Crippen molar-refractivity contribution >= 4 is 27.1 Å². The second kappa shape index (κ2) is 2.81. The normalized spacial score (nSPS) is 11.1. The Morgan fingerprint density at radius 1 is 1.29 bits per heavy atom. The molecule has 0 spiro atoms. The highest BCUT2D eigenvalue weighted by Gasteiger charge is 2.11. The Balaban J connectivity index is 3.15. The van der Waals surface area contributed by atoms with Crippen LogP contribution in [-0.4, -0.2) is 19.1 Å². The maximum absolute atomic E-state index is 11.6. The average Bonchev–Trinajstić information content (AvgIpc) is 2.39. The zero-order chi connectivity index (χ0) is 10.5. The highest BCUT2D eigenvalue weighted by molar-refractivity contribution is 9.10. The van der Waals surface area contributed by atoms with Crippen molar-refractivity contribution in [2.75, 3.05) is 0 Å². The van der Waals surface area contributed by atoms with Crippen molar-refractivity contribution < 1.29 is 0 Å². The molecule has 0 bridgehead atoms. The van der Waals surface area contributed by atoms with Gasteiger partial charge in [0.1, 0.15) is 0 Å². The van der Waals surface area contributed by atoms with Gasteiger partial charge in [-0.25, -0.2) is 9.78 Å². The van der Waals surface area contributed by atoms with Crippen molar-refractivity contribution in [1.82, 2.24) is 19.1 Å². The molecular formula is C7H7BrN4O2. The van der Waals surface area contributed by atoms with Gasteiger partial charge in [-0.05, 0) is 15.9 Å². The van der Waals surface area contributed by atoms with Crippen LogP contribution in [0.2, 0.25) is 0 Å². The summed E-state index contributed by atoms with van der Waals surface area (Å²) >= 11 is 3.17. The molecule has 0 saturated heterocycles. The lowest BCUT2D eigenvalue weighted by Crippen LogP contribution is -2.33. The first-order valence-corrected chi connectivity index (χ1v) is 4.63. The largest absolute Gasteiger partial charge is 0.329 e. The standard InChI is InChI=1S/C7H7BrN4O2/c1-11-3-4(9-6(11)8)10-7(14)12(2)5(3)13/h1-2H3,(H,10,14). The van der Waals surface area contributed by atoms with E-state index in [4.69, 9.17) is 0 Å². The number of aromatic nitrogens is 4. The molecule has 0 aromatic carbocycles. The predicted octanol–water partition coefficient (Wildman–Crippen LogP) is -0.277. The monoisotopic (exact) mass is 258 g/mol. The molecule has 0 fully saturated rings. The minimum absolute atomic E-state index is 0.299. The lowest BCUT2D eigenvalue weighted by atomic mass is 10.5. The molecule has 1 N–H and O–H groups in total. The summed E-state index contributed by atoms with van der Waals surface area (Å²) in [7, 11) is 3.11. The first-order chi connectivity index (χ1) is 6.52. The minimum atomic E-state index is -0.465. The van der Waals surface area contributed by atoms with Crippen molar-refractivity contribution in [1.29, 1.82) is 0 Å². The Labute approximate surface area is 86.3 Å². The van der Waals surface area contributed by atoms with E-state index in [9.17, 15) is 9.59 Å². The maximum atomic E-state index is 11.6. The maximum Gasteiger partial charge on any atom is 0.329 e. The van der Waals surface area contributed by atoms with Crippen molar-refractivity contribution in [2.45, 2.75) is 0 Å². The summed E-state index contributed by atoms with van der Waals surface area (Å²) in [5.41, 5.74) is -0.149. The summed E-state index contributed by atoms with van der Waals surface area (Å²) in [6.45, 7) is 0. The summed E-state index contributed by atoms with van der Waals surface area (Å²) in [5, 5.41) is 0. The first kappa shape index (κ1) is 9.20. The van der Waals surface area contributed by atoms with Gasteiger partial charge in [0.25, 0.3) is 5.56 Å². The van der Waals surface area contributed by atoms with E-state index >= 15 is 0 Å². The number of hydrogen-bond acceptors (Lipinski definition) is 3. The first-order valence-electron chi connectivity index (χ1n) is 3.83. The van der Waals surface area contributed by atoms with Crippen LogP contribution < -0.4 is 11.2 Å². The van der Waals surface area contributed by atoms with E-state index in [1.165, 1.54) is 7.05 Å². The predicted molar refractivity (Wildman–Crippen MR) is 54.3 cm³/mol. The molecule has 0 saturated carbocycles. The van der Waals surface area contributed by atoms with Crippen LogP contribution in [0, 0.1) is 0 Å². The van der Waals surface area contributed by atoms with Gasteiger partial charge in [-0.2, -0.15) is 0 Å². The second-order valence-corrected chi connectivity index (χ2v) is 3.64. The van der Waals surface area contributed by atoms with Gasteiger partial charge in [0.15, 0.2) is 15.9 Å². The van der Waals surface area contributed by atoms with E-state index in [-0.39, 0.29) is 5.56 Å². The van der Waals surface area contributed by atoms with E-state index in [1.54, 1.807) is 11.6 Å². The SMILES string of the molecule is Cn1c(=O)[nH]c2nc(Br)n(C)c2c1=O. The summed E-state index contributed by atoms with van der Waals surface area (Å²) in [6, 6.07) is 0. The molecule has 0 aliphatic rings. The van der Waals surface area contributed by atoms with Crippen molar-refractivity contribution in [3.8, 4) is 0 Å². The number of aryl methyl sites for hydroxylation is 1. The van der Waals surface area contributed by atoms with Crippen LogP contribution in [0.4, 0.5) is 0 Å².